The fourth-order valence-electron chi connectivity index (χ4n) is 3.28. The smallest absolute Gasteiger partial charge is 0.244 e. The van der Waals surface area contributed by atoms with E-state index in [9.17, 15) is 9.59 Å². The first-order valence-electron chi connectivity index (χ1n) is 9.77. The van der Waals surface area contributed by atoms with Gasteiger partial charge in [-0.2, -0.15) is 0 Å². The summed E-state index contributed by atoms with van der Waals surface area (Å²) in [5.41, 5.74) is 5.70. The van der Waals surface area contributed by atoms with Gasteiger partial charge < -0.3 is 15.1 Å². The summed E-state index contributed by atoms with van der Waals surface area (Å²) >= 11 is 0. The molecule has 0 heterocycles. The van der Waals surface area contributed by atoms with Crippen LogP contribution in [0.4, 0.5) is 17.1 Å². The number of amides is 2. The van der Waals surface area contributed by atoms with Crippen molar-refractivity contribution in [3.63, 3.8) is 0 Å². The minimum atomic E-state index is -0.213. The van der Waals surface area contributed by atoms with Gasteiger partial charge in [-0.3, -0.25) is 9.59 Å². The lowest BCUT2D eigenvalue weighted by atomic mass is 10.1. The maximum atomic E-state index is 12.7. The molecule has 0 aliphatic heterocycles. The number of aryl methyl sites for hydroxylation is 3. The van der Waals surface area contributed by atoms with Gasteiger partial charge in [-0.05, 0) is 75.6 Å². The number of hydrogen-bond acceptors (Lipinski definition) is 3. The van der Waals surface area contributed by atoms with E-state index in [1.807, 2.05) is 51.1 Å². The first-order valence-corrected chi connectivity index (χ1v) is 9.77. The predicted molar refractivity (Wildman–Crippen MR) is 117 cm³/mol. The molecular weight excluding hydrogens is 350 g/mol. The molecule has 2 amide bonds. The molecule has 0 aliphatic carbocycles. The average molecular weight is 382 g/mol. The summed E-state index contributed by atoms with van der Waals surface area (Å²) in [4.78, 5) is 28.6. The van der Waals surface area contributed by atoms with Crippen molar-refractivity contribution in [2.24, 2.45) is 0 Å². The Bertz CT molecular complexity index is 857. The van der Waals surface area contributed by atoms with Gasteiger partial charge in [-0.1, -0.05) is 12.1 Å². The average Bonchev–Trinajstić information content (AvgIpc) is 2.65. The maximum absolute atomic E-state index is 12.7. The zero-order valence-electron chi connectivity index (χ0n) is 17.8. The molecule has 28 heavy (non-hydrogen) atoms. The van der Waals surface area contributed by atoms with Gasteiger partial charge in [0.1, 0.15) is 6.54 Å². The Kier molecular flexibility index (Phi) is 7.21. The zero-order valence-corrected chi connectivity index (χ0v) is 17.8. The Morgan fingerprint density at radius 3 is 2.18 bits per heavy atom. The zero-order chi connectivity index (χ0) is 20.8. The Balaban J connectivity index is 2.17. The van der Waals surface area contributed by atoms with Gasteiger partial charge >= 0.3 is 0 Å². The second-order valence-electron chi connectivity index (χ2n) is 7.11. The molecule has 0 saturated heterocycles. The van der Waals surface area contributed by atoms with E-state index in [0.29, 0.717) is 0 Å². The predicted octanol–water partition coefficient (Wildman–Crippen LogP) is 4.45. The van der Waals surface area contributed by atoms with Crippen LogP contribution in [0, 0.1) is 20.8 Å². The lowest BCUT2D eigenvalue weighted by Crippen LogP contribution is -2.37. The normalized spacial score (nSPS) is 10.5. The Labute approximate surface area is 168 Å². The maximum Gasteiger partial charge on any atom is 0.244 e. The molecule has 0 bridgehead atoms. The van der Waals surface area contributed by atoms with Gasteiger partial charge in [-0.25, -0.2) is 0 Å². The van der Waals surface area contributed by atoms with E-state index in [4.69, 9.17) is 0 Å². The first kappa shape index (κ1) is 21.5. The van der Waals surface area contributed by atoms with Crippen LogP contribution in [0.5, 0.6) is 0 Å². The summed E-state index contributed by atoms with van der Waals surface area (Å²) in [6.07, 6.45) is 0. The molecule has 2 aromatic rings. The van der Waals surface area contributed by atoms with Crippen molar-refractivity contribution in [1.82, 2.24) is 0 Å². The molecule has 0 atom stereocenters. The highest BCUT2D eigenvalue weighted by atomic mass is 16.2. The summed E-state index contributed by atoms with van der Waals surface area (Å²) in [5, 5.41) is 2.95. The van der Waals surface area contributed by atoms with Crippen LogP contribution < -0.4 is 15.1 Å². The molecule has 150 valence electrons. The number of nitrogens with zero attached hydrogens (tertiary/aromatic N) is 2. The largest absolute Gasteiger partial charge is 0.372 e. The van der Waals surface area contributed by atoms with Crippen LogP contribution in [0.3, 0.4) is 0 Å². The molecule has 0 aliphatic rings. The minimum Gasteiger partial charge on any atom is -0.372 e. The number of nitrogens with one attached hydrogen (secondary N) is 1. The molecule has 2 rings (SSSR count). The fraction of sp³-hybridized carbons (Fsp3) is 0.391. The van der Waals surface area contributed by atoms with Crippen LogP contribution in [0.25, 0.3) is 0 Å². The van der Waals surface area contributed by atoms with Crippen LogP contribution >= 0.6 is 0 Å². The summed E-state index contributed by atoms with van der Waals surface area (Å²) < 4.78 is 0. The van der Waals surface area contributed by atoms with Gasteiger partial charge in [0.05, 0.1) is 0 Å². The topological polar surface area (TPSA) is 52.7 Å². The highest BCUT2D eigenvalue weighted by Gasteiger charge is 2.18. The van der Waals surface area contributed by atoms with Gasteiger partial charge in [0, 0.05) is 37.1 Å². The van der Waals surface area contributed by atoms with E-state index in [-0.39, 0.29) is 18.4 Å². The third-order valence-corrected chi connectivity index (χ3v) is 4.95. The third-order valence-electron chi connectivity index (χ3n) is 4.95. The van der Waals surface area contributed by atoms with E-state index in [0.717, 1.165) is 46.8 Å². The van der Waals surface area contributed by atoms with Crippen LogP contribution in [0.15, 0.2) is 36.4 Å². The van der Waals surface area contributed by atoms with Gasteiger partial charge in [0.15, 0.2) is 0 Å². The molecule has 0 fully saturated rings. The van der Waals surface area contributed by atoms with Crippen LogP contribution in [-0.2, 0) is 9.59 Å². The number of hydrogen-bond donors (Lipinski definition) is 1. The van der Waals surface area contributed by atoms with E-state index in [1.54, 1.807) is 0 Å². The second kappa shape index (κ2) is 9.40. The number of benzene rings is 2. The van der Waals surface area contributed by atoms with Gasteiger partial charge in [0.2, 0.25) is 11.8 Å². The van der Waals surface area contributed by atoms with Crippen molar-refractivity contribution < 1.29 is 9.59 Å². The van der Waals surface area contributed by atoms with E-state index in [2.05, 4.69) is 30.1 Å². The summed E-state index contributed by atoms with van der Waals surface area (Å²) in [6.45, 7) is 13.5. The van der Waals surface area contributed by atoms with Crippen molar-refractivity contribution in [1.29, 1.82) is 0 Å². The quantitative estimate of drug-likeness (QED) is 0.771. The summed E-state index contributed by atoms with van der Waals surface area (Å²) in [7, 11) is 0. The molecular formula is C23H31N3O2. The van der Waals surface area contributed by atoms with Crippen LogP contribution in [-0.4, -0.2) is 31.4 Å². The van der Waals surface area contributed by atoms with Crippen molar-refractivity contribution in [2.45, 2.75) is 41.5 Å². The van der Waals surface area contributed by atoms with Crippen molar-refractivity contribution in [3.05, 3.63) is 53.1 Å². The van der Waals surface area contributed by atoms with E-state index < -0.39 is 0 Å². The number of anilines is 3. The lowest BCUT2D eigenvalue weighted by molar-refractivity contribution is -0.120. The fourth-order valence-corrected chi connectivity index (χ4v) is 3.28. The van der Waals surface area contributed by atoms with E-state index >= 15 is 0 Å². The summed E-state index contributed by atoms with van der Waals surface area (Å²) in [5.74, 6) is -0.368. The molecule has 5 nitrogen and oxygen atoms in total. The van der Waals surface area contributed by atoms with Gasteiger partial charge in [-0.15, -0.1) is 0 Å². The minimum absolute atomic E-state index is 0.0170. The highest BCUT2D eigenvalue weighted by Crippen LogP contribution is 2.24. The Morgan fingerprint density at radius 1 is 0.929 bits per heavy atom. The SMILES string of the molecule is CCN(CC)c1ccc(NC(=O)CN(C(C)=O)c2cc(C)ccc2C)c(C)c1. The molecule has 0 saturated carbocycles. The molecule has 0 unspecified atom stereocenters. The molecule has 0 radical (unpaired) electrons. The number of carbonyl (C=O) groups is 2. The molecule has 1 N–H and O–H groups in total. The molecule has 0 aromatic heterocycles. The third kappa shape index (κ3) is 5.12. The number of carbonyl (C=O) groups excluding carboxylic acids is 2. The van der Waals surface area contributed by atoms with Crippen LogP contribution in [0.2, 0.25) is 0 Å². The Morgan fingerprint density at radius 2 is 1.61 bits per heavy atom. The standard InChI is InChI=1S/C23H31N3O2/c1-7-25(8-2)20-11-12-21(18(5)14-20)24-23(28)15-26(19(6)27)22-13-16(3)9-10-17(22)4/h9-14H,7-8,15H2,1-6H3,(H,24,28). The van der Waals surface area contributed by atoms with E-state index in [1.165, 1.54) is 11.8 Å². The summed E-state index contributed by atoms with van der Waals surface area (Å²) in [6, 6.07) is 11.9. The van der Waals surface area contributed by atoms with Crippen molar-refractivity contribution in [3.8, 4) is 0 Å². The van der Waals surface area contributed by atoms with Crippen molar-refractivity contribution >= 4 is 28.9 Å². The highest BCUT2D eigenvalue weighted by molar-refractivity contribution is 6.02. The second-order valence-corrected chi connectivity index (χ2v) is 7.11. The Hall–Kier alpha value is -2.82. The molecule has 2 aromatic carbocycles. The molecule has 0 spiro atoms. The monoisotopic (exact) mass is 381 g/mol. The lowest BCUT2D eigenvalue weighted by Gasteiger charge is -2.24. The molecule has 5 heteroatoms. The first-order chi connectivity index (χ1) is 13.3. The van der Waals surface area contributed by atoms with Gasteiger partial charge in [0.25, 0.3) is 0 Å². The van der Waals surface area contributed by atoms with Crippen LogP contribution in [0.1, 0.15) is 37.5 Å². The number of rotatable bonds is 7. The van der Waals surface area contributed by atoms with Crippen molar-refractivity contribution in [2.75, 3.05) is 34.8 Å².